The van der Waals surface area contributed by atoms with E-state index in [0.717, 1.165) is 0 Å². The highest BCUT2D eigenvalue weighted by Gasteiger charge is 2.19. The number of amides is 1. The quantitative estimate of drug-likeness (QED) is 0.786. The van der Waals surface area contributed by atoms with Gasteiger partial charge >= 0.3 is 5.97 Å². The Morgan fingerprint density at radius 2 is 2.25 bits per heavy atom. The van der Waals surface area contributed by atoms with E-state index in [-0.39, 0.29) is 29.5 Å². The number of aromatic carboxylic acids is 1. The summed E-state index contributed by atoms with van der Waals surface area (Å²) in [5.41, 5.74) is 0.307. The molecule has 1 aliphatic heterocycles. The van der Waals surface area contributed by atoms with Gasteiger partial charge in [-0.3, -0.25) is 4.79 Å². The molecule has 84 valence electrons. The highest BCUT2D eigenvalue weighted by atomic mass is 35.5. The van der Waals surface area contributed by atoms with Crippen molar-refractivity contribution in [3.05, 3.63) is 22.7 Å². The van der Waals surface area contributed by atoms with Crippen LogP contribution in [-0.2, 0) is 4.79 Å². The van der Waals surface area contributed by atoms with Gasteiger partial charge in [0, 0.05) is 0 Å². The molecule has 1 amide bonds. The largest absolute Gasteiger partial charge is 0.489 e. The number of carbonyl (C=O) groups excluding carboxylic acids is 1. The molecule has 0 saturated carbocycles. The van der Waals surface area contributed by atoms with Gasteiger partial charge in [-0.05, 0) is 12.1 Å². The maximum atomic E-state index is 11.3. The smallest absolute Gasteiger partial charge is 0.335 e. The van der Waals surface area contributed by atoms with E-state index in [1.54, 1.807) is 0 Å². The van der Waals surface area contributed by atoms with Gasteiger partial charge in [0.1, 0.15) is 0 Å². The number of hydrogen-bond acceptors (Lipinski definition) is 3. The number of benzene rings is 1. The predicted octanol–water partition coefficient (Wildman–Crippen LogP) is 1.76. The molecule has 0 spiro atoms. The van der Waals surface area contributed by atoms with Crippen LogP contribution in [0.4, 0.5) is 5.69 Å². The van der Waals surface area contributed by atoms with E-state index in [9.17, 15) is 9.59 Å². The van der Waals surface area contributed by atoms with Crippen molar-refractivity contribution in [1.82, 2.24) is 0 Å². The van der Waals surface area contributed by atoms with Gasteiger partial charge in [-0.2, -0.15) is 0 Å². The number of anilines is 1. The first kappa shape index (κ1) is 10.8. The second-order valence-electron chi connectivity index (χ2n) is 3.29. The molecule has 1 heterocycles. The van der Waals surface area contributed by atoms with Crippen molar-refractivity contribution in [3.8, 4) is 5.75 Å². The Morgan fingerprint density at radius 1 is 1.50 bits per heavy atom. The number of nitrogens with one attached hydrogen (secondary N) is 1. The van der Waals surface area contributed by atoms with Crippen LogP contribution in [0.3, 0.4) is 0 Å². The van der Waals surface area contributed by atoms with Gasteiger partial charge in [0.05, 0.1) is 29.3 Å². The van der Waals surface area contributed by atoms with Crippen LogP contribution >= 0.6 is 11.6 Å². The average molecular weight is 242 g/mol. The summed E-state index contributed by atoms with van der Waals surface area (Å²) in [6.07, 6.45) is 0.216. The van der Waals surface area contributed by atoms with Crippen LogP contribution in [-0.4, -0.2) is 23.6 Å². The van der Waals surface area contributed by atoms with E-state index < -0.39 is 5.97 Å². The summed E-state index contributed by atoms with van der Waals surface area (Å²) in [6, 6.07) is 2.62. The third-order valence-corrected chi connectivity index (χ3v) is 2.42. The van der Waals surface area contributed by atoms with Crippen LogP contribution in [0.2, 0.25) is 5.02 Å². The van der Waals surface area contributed by atoms with Gasteiger partial charge in [-0.25, -0.2) is 4.79 Å². The molecule has 2 N–H and O–H groups in total. The summed E-state index contributed by atoms with van der Waals surface area (Å²) in [7, 11) is 0. The fraction of sp³-hybridized carbons (Fsp3) is 0.200. The maximum absolute atomic E-state index is 11.3. The third-order valence-electron chi connectivity index (χ3n) is 2.14. The van der Waals surface area contributed by atoms with E-state index >= 15 is 0 Å². The number of rotatable bonds is 1. The lowest BCUT2D eigenvalue weighted by atomic mass is 10.2. The van der Waals surface area contributed by atoms with Gasteiger partial charge < -0.3 is 15.2 Å². The maximum Gasteiger partial charge on any atom is 0.335 e. The zero-order valence-electron chi connectivity index (χ0n) is 8.12. The van der Waals surface area contributed by atoms with Crippen molar-refractivity contribution in [2.45, 2.75) is 6.42 Å². The lowest BCUT2D eigenvalue weighted by Gasteiger charge is -2.09. The Morgan fingerprint density at radius 3 is 2.94 bits per heavy atom. The standard InChI is InChI=1S/C10H8ClNO4/c11-6-3-5(10(14)15)4-7-9(6)16-2-1-8(13)12-7/h3-4H,1-2H2,(H,12,13)(H,14,15). The normalized spacial score (nSPS) is 14.4. The minimum Gasteiger partial charge on any atom is -0.489 e. The summed E-state index contributed by atoms with van der Waals surface area (Å²) in [5.74, 6) is -1.02. The van der Waals surface area contributed by atoms with E-state index in [2.05, 4.69) is 5.32 Å². The summed E-state index contributed by atoms with van der Waals surface area (Å²) in [5, 5.41) is 11.6. The summed E-state index contributed by atoms with van der Waals surface area (Å²) >= 11 is 5.87. The molecule has 16 heavy (non-hydrogen) atoms. The molecule has 0 bridgehead atoms. The zero-order valence-corrected chi connectivity index (χ0v) is 8.87. The monoisotopic (exact) mass is 241 g/mol. The van der Waals surface area contributed by atoms with Gasteiger partial charge in [-0.1, -0.05) is 11.6 Å². The number of halogens is 1. The first-order chi connectivity index (χ1) is 7.58. The summed E-state index contributed by atoms with van der Waals surface area (Å²) < 4.78 is 5.28. The summed E-state index contributed by atoms with van der Waals surface area (Å²) in [6.45, 7) is 0.227. The summed E-state index contributed by atoms with van der Waals surface area (Å²) in [4.78, 5) is 22.1. The molecule has 1 aromatic rings. The number of ether oxygens (including phenoxy) is 1. The van der Waals surface area contributed by atoms with Crippen LogP contribution in [0, 0.1) is 0 Å². The molecule has 0 saturated heterocycles. The van der Waals surface area contributed by atoms with Crippen molar-refractivity contribution < 1.29 is 19.4 Å². The first-order valence-electron chi connectivity index (χ1n) is 4.57. The van der Waals surface area contributed by atoms with E-state index in [4.69, 9.17) is 21.4 Å². The number of fused-ring (bicyclic) bond motifs is 1. The molecule has 0 fully saturated rings. The van der Waals surface area contributed by atoms with E-state index in [1.165, 1.54) is 12.1 Å². The number of carboxylic acids is 1. The molecule has 0 aliphatic carbocycles. The highest BCUT2D eigenvalue weighted by molar-refractivity contribution is 6.33. The molecule has 2 rings (SSSR count). The molecule has 0 aromatic heterocycles. The molecular formula is C10H8ClNO4. The minimum absolute atomic E-state index is 0.00884. The lowest BCUT2D eigenvalue weighted by Crippen LogP contribution is -2.10. The Bertz CT molecular complexity index is 472. The SMILES string of the molecule is O=C1CCOc2c(Cl)cc(C(=O)O)cc2N1. The molecule has 6 heteroatoms. The van der Waals surface area contributed by atoms with Crippen LogP contribution in [0.1, 0.15) is 16.8 Å². The average Bonchev–Trinajstić information content (AvgIpc) is 2.38. The second-order valence-corrected chi connectivity index (χ2v) is 3.69. The van der Waals surface area contributed by atoms with E-state index in [1.807, 2.05) is 0 Å². The Kier molecular flexibility index (Phi) is 2.70. The number of carbonyl (C=O) groups is 2. The van der Waals surface area contributed by atoms with Gasteiger partial charge in [0.15, 0.2) is 5.75 Å². The Labute approximate surface area is 96.0 Å². The number of carboxylic acid groups (broad SMARTS) is 1. The van der Waals surface area contributed by atoms with Gasteiger partial charge in [0.25, 0.3) is 0 Å². The first-order valence-corrected chi connectivity index (χ1v) is 4.95. The molecule has 0 atom stereocenters. The molecular weight excluding hydrogens is 234 g/mol. The predicted molar refractivity (Wildman–Crippen MR) is 57.2 cm³/mol. The third kappa shape index (κ3) is 1.94. The van der Waals surface area contributed by atoms with E-state index in [0.29, 0.717) is 11.4 Å². The van der Waals surface area contributed by atoms with Crippen LogP contribution in [0.5, 0.6) is 5.75 Å². The molecule has 0 radical (unpaired) electrons. The van der Waals surface area contributed by atoms with Crippen LogP contribution in [0.15, 0.2) is 12.1 Å². The molecule has 5 nitrogen and oxygen atoms in total. The lowest BCUT2D eigenvalue weighted by molar-refractivity contribution is -0.116. The molecule has 1 aliphatic rings. The van der Waals surface area contributed by atoms with Crippen LogP contribution < -0.4 is 10.1 Å². The fourth-order valence-electron chi connectivity index (χ4n) is 1.41. The van der Waals surface area contributed by atoms with Crippen molar-refractivity contribution in [1.29, 1.82) is 0 Å². The van der Waals surface area contributed by atoms with Crippen LogP contribution in [0.25, 0.3) is 0 Å². The molecule has 1 aromatic carbocycles. The number of hydrogen-bond donors (Lipinski definition) is 2. The van der Waals surface area contributed by atoms with Crippen molar-refractivity contribution in [2.75, 3.05) is 11.9 Å². The Balaban J connectivity index is 2.52. The minimum atomic E-state index is -1.11. The van der Waals surface area contributed by atoms with Crippen molar-refractivity contribution in [3.63, 3.8) is 0 Å². The highest BCUT2D eigenvalue weighted by Crippen LogP contribution is 2.36. The zero-order chi connectivity index (χ0) is 11.7. The van der Waals surface area contributed by atoms with Crippen molar-refractivity contribution in [2.24, 2.45) is 0 Å². The van der Waals surface area contributed by atoms with Gasteiger partial charge in [0.2, 0.25) is 5.91 Å². The Hall–Kier alpha value is -1.75. The topological polar surface area (TPSA) is 75.6 Å². The second kappa shape index (κ2) is 4.02. The fourth-order valence-corrected chi connectivity index (χ4v) is 1.69. The molecule has 0 unspecified atom stereocenters. The van der Waals surface area contributed by atoms with Gasteiger partial charge in [-0.15, -0.1) is 0 Å². The van der Waals surface area contributed by atoms with Crippen molar-refractivity contribution >= 4 is 29.2 Å².